The van der Waals surface area contributed by atoms with Crippen LogP contribution in [0.25, 0.3) is 11.4 Å². The molecular formula is C10H5F5N2O2. The summed E-state index contributed by atoms with van der Waals surface area (Å²) in [6, 6.07) is 1.59. The molecule has 1 aromatic carbocycles. The molecular weight excluding hydrogens is 275 g/mol. The zero-order chi connectivity index (χ0) is 14.2. The number of hydrogen-bond acceptors (Lipinski definition) is 4. The van der Waals surface area contributed by atoms with E-state index in [2.05, 4.69) is 19.4 Å². The molecule has 2 aromatic rings. The summed E-state index contributed by atoms with van der Waals surface area (Å²) in [5.74, 6) is -4.96. The Bertz CT molecular complexity index is 585. The van der Waals surface area contributed by atoms with E-state index in [1.54, 1.807) is 0 Å². The van der Waals surface area contributed by atoms with Crippen molar-refractivity contribution in [3.63, 3.8) is 0 Å². The molecule has 0 aliphatic rings. The van der Waals surface area contributed by atoms with Crippen LogP contribution in [-0.4, -0.2) is 17.3 Å². The van der Waals surface area contributed by atoms with Gasteiger partial charge in [0.05, 0.1) is 12.7 Å². The molecule has 0 spiro atoms. The molecule has 0 fully saturated rings. The van der Waals surface area contributed by atoms with Crippen molar-refractivity contribution in [1.82, 2.24) is 10.1 Å². The maximum absolute atomic E-state index is 13.6. The van der Waals surface area contributed by atoms with Crippen LogP contribution >= 0.6 is 0 Å². The Morgan fingerprint density at radius 2 is 1.74 bits per heavy atom. The van der Waals surface area contributed by atoms with E-state index < -0.39 is 35.1 Å². The lowest BCUT2D eigenvalue weighted by atomic mass is 10.2. The van der Waals surface area contributed by atoms with Crippen LogP contribution in [-0.2, 0) is 6.18 Å². The molecule has 0 radical (unpaired) electrons. The van der Waals surface area contributed by atoms with Crippen molar-refractivity contribution in [3.8, 4) is 17.1 Å². The molecule has 1 aromatic heterocycles. The number of rotatable bonds is 2. The van der Waals surface area contributed by atoms with Crippen LogP contribution in [0.5, 0.6) is 5.75 Å². The third kappa shape index (κ3) is 2.49. The summed E-state index contributed by atoms with van der Waals surface area (Å²) in [5, 5.41) is 2.90. The fourth-order valence-electron chi connectivity index (χ4n) is 1.32. The molecule has 0 bridgehead atoms. The summed E-state index contributed by atoms with van der Waals surface area (Å²) in [7, 11) is 1.18. The summed E-state index contributed by atoms with van der Waals surface area (Å²) >= 11 is 0. The summed E-state index contributed by atoms with van der Waals surface area (Å²) < 4.78 is 72.3. The van der Waals surface area contributed by atoms with Crippen LogP contribution in [0.3, 0.4) is 0 Å². The quantitative estimate of drug-likeness (QED) is 0.793. The fraction of sp³-hybridized carbons (Fsp3) is 0.200. The van der Waals surface area contributed by atoms with Gasteiger partial charge in [-0.15, -0.1) is 0 Å². The Hall–Kier alpha value is -2.19. The van der Waals surface area contributed by atoms with Gasteiger partial charge in [-0.25, -0.2) is 8.78 Å². The summed E-state index contributed by atoms with van der Waals surface area (Å²) in [5.41, 5.74) is -0.819. The molecule has 0 aliphatic heterocycles. The first-order chi connectivity index (χ1) is 8.82. The van der Waals surface area contributed by atoms with Crippen LogP contribution in [0.4, 0.5) is 22.0 Å². The molecule has 4 nitrogen and oxygen atoms in total. The molecule has 0 saturated heterocycles. The maximum Gasteiger partial charge on any atom is 0.471 e. The number of aromatic nitrogens is 2. The number of halogens is 5. The van der Waals surface area contributed by atoms with Gasteiger partial charge in [-0.05, 0) is 0 Å². The Kier molecular flexibility index (Phi) is 3.13. The lowest BCUT2D eigenvalue weighted by molar-refractivity contribution is -0.159. The Morgan fingerprint density at radius 3 is 2.16 bits per heavy atom. The molecule has 102 valence electrons. The van der Waals surface area contributed by atoms with Crippen molar-refractivity contribution in [1.29, 1.82) is 0 Å². The second kappa shape index (κ2) is 4.48. The monoisotopic (exact) mass is 280 g/mol. The van der Waals surface area contributed by atoms with Gasteiger partial charge >= 0.3 is 12.1 Å². The van der Waals surface area contributed by atoms with E-state index in [0.717, 1.165) is 12.1 Å². The predicted octanol–water partition coefficient (Wildman–Crippen LogP) is 3.04. The lowest BCUT2D eigenvalue weighted by Gasteiger charge is -2.04. The van der Waals surface area contributed by atoms with Crippen LogP contribution in [0, 0.1) is 11.6 Å². The number of ether oxygens (including phenoxy) is 1. The summed E-state index contributed by atoms with van der Waals surface area (Å²) in [6.45, 7) is 0. The van der Waals surface area contributed by atoms with Crippen LogP contribution in [0.2, 0.25) is 0 Å². The molecule has 0 atom stereocenters. The highest BCUT2D eigenvalue weighted by Gasteiger charge is 2.39. The average molecular weight is 280 g/mol. The third-order valence-electron chi connectivity index (χ3n) is 2.14. The van der Waals surface area contributed by atoms with Crippen molar-refractivity contribution in [3.05, 3.63) is 29.7 Å². The van der Waals surface area contributed by atoms with E-state index in [1.165, 1.54) is 7.11 Å². The van der Waals surface area contributed by atoms with E-state index >= 15 is 0 Å². The molecule has 1 heterocycles. The first kappa shape index (κ1) is 13.2. The van der Waals surface area contributed by atoms with Crippen LogP contribution in [0.15, 0.2) is 16.7 Å². The van der Waals surface area contributed by atoms with E-state index in [4.69, 9.17) is 0 Å². The second-order valence-electron chi connectivity index (χ2n) is 3.39. The number of nitrogens with zero attached hydrogens (tertiary/aromatic N) is 2. The summed E-state index contributed by atoms with van der Waals surface area (Å²) in [6.07, 6.45) is -4.88. The van der Waals surface area contributed by atoms with Crippen molar-refractivity contribution in [2.75, 3.05) is 7.11 Å². The Labute approximate surface area is 102 Å². The number of benzene rings is 1. The molecule has 0 aliphatic carbocycles. The SMILES string of the molecule is COc1cc(F)c(-c2noc(C(F)(F)F)n2)c(F)c1. The molecule has 19 heavy (non-hydrogen) atoms. The van der Waals surface area contributed by atoms with Gasteiger partial charge in [-0.2, -0.15) is 18.2 Å². The topological polar surface area (TPSA) is 48.2 Å². The van der Waals surface area contributed by atoms with Crippen LogP contribution < -0.4 is 4.74 Å². The third-order valence-corrected chi connectivity index (χ3v) is 2.14. The molecule has 0 amide bonds. The highest BCUT2D eigenvalue weighted by molar-refractivity contribution is 5.58. The van der Waals surface area contributed by atoms with Crippen molar-refractivity contribution in [2.24, 2.45) is 0 Å². The average Bonchev–Trinajstić information content (AvgIpc) is 2.76. The number of alkyl halides is 3. The number of hydrogen-bond donors (Lipinski definition) is 0. The minimum atomic E-state index is -4.88. The van der Waals surface area contributed by atoms with Gasteiger partial charge in [0.2, 0.25) is 5.82 Å². The smallest absolute Gasteiger partial charge is 0.471 e. The molecule has 0 unspecified atom stereocenters. The normalized spacial score (nSPS) is 11.7. The highest BCUT2D eigenvalue weighted by atomic mass is 19.4. The van der Waals surface area contributed by atoms with Crippen LogP contribution in [0.1, 0.15) is 5.89 Å². The van der Waals surface area contributed by atoms with Gasteiger partial charge in [-0.3, -0.25) is 0 Å². The van der Waals surface area contributed by atoms with Gasteiger partial charge in [0.1, 0.15) is 17.4 Å². The van der Waals surface area contributed by atoms with Gasteiger partial charge in [-0.1, -0.05) is 5.16 Å². The van der Waals surface area contributed by atoms with E-state index in [1.807, 2.05) is 0 Å². The van der Waals surface area contributed by atoms with Gasteiger partial charge < -0.3 is 9.26 Å². The second-order valence-corrected chi connectivity index (χ2v) is 3.39. The Balaban J connectivity index is 2.51. The minimum absolute atomic E-state index is 0.127. The first-order valence-electron chi connectivity index (χ1n) is 4.77. The standard InChI is InChI=1S/C10H5F5N2O2/c1-18-4-2-5(11)7(6(12)3-4)8-16-9(19-17-8)10(13,14)15/h2-3H,1H3. The van der Waals surface area contributed by atoms with E-state index in [0.29, 0.717) is 0 Å². The predicted molar refractivity (Wildman–Crippen MR) is 51.2 cm³/mol. The van der Waals surface area contributed by atoms with E-state index in [9.17, 15) is 22.0 Å². The zero-order valence-corrected chi connectivity index (χ0v) is 9.26. The molecule has 9 heteroatoms. The van der Waals surface area contributed by atoms with Gasteiger partial charge in [0, 0.05) is 12.1 Å². The summed E-state index contributed by atoms with van der Waals surface area (Å²) in [4.78, 5) is 2.91. The van der Waals surface area contributed by atoms with Gasteiger partial charge in [0.15, 0.2) is 0 Å². The Morgan fingerprint density at radius 1 is 1.16 bits per heavy atom. The highest BCUT2D eigenvalue weighted by Crippen LogP contribution is 2.32. The van der Waals surface area contributed by atoms with Gasteiger partial charge in [0.25, 0.3) is 0 Å². The fourth-order valence-corrected chi connectivity index (χ4v) is 1.32. The molecule has 0 saturated carbocycles. The zero-order valence-electron chi connectivity index (χ0n) is 9.26. The maximum atomic E-state index is 13.6. The lowest BCUT2D eigenvalue weighted by Crippen LogP contribution is -2.05. The molecule has 0 N–H and O–H groups in total. The number of methoxy groups -OCH3 is 1. The first-order valence-corrected chi connectivity index (χ1v) is 4.77. The van der Waals surface area contributed by atoms with Crippen molar-refractivity contribution < 1.29 is 31.2 Å². The largest absolute Gasteiger partial charge is 0.497 e. The minimum Gasteiger partial charge on any atom is -0.497 e. The molecule has 2 rings (SSSR count). The van der Waals surface area contributed by atoms with Crippen molar-refractivity contribution >= 4 is 0 Å². The van der Waals surface area contributed by atoms with E-state index in [-0.39, 0.29) is 5.75 Å². The van der Waals surface area contributed by atoms with Crippen molar-refractivity contribution in [2.45, 2.75) is 6.18 Å².